The number of aromatic amines is 1. The number of anilines is 1. The van der Waals surface area contributed by atoms with Crippen molar-refractivity contribution < 1.29 is 14.3 Å². The van der Waals surface area contributed by atoms with Gasteiger partial charge in [0.05, 0.1) is 5.56 Å². The topological polar surface area (TPSA) is 63.4 Å². The first-order valence-electron chi connectivity index (χ1n) is 7.92. The molecule has 1 aliphatic rings. The van der Waals surface area contributed by atoms with Crippen molar-refractivity contribution in [2.24, 2.45) is 0 Å². The molecule has 5 nitrogen and oxygen atoms in total. The molecule has 0 bridgehead atoms. The number of hydrogen-bond donors (Lipinski definition) is 2. The molecule has 0 atom stereocenters. The third-order valence-corrected chi connectivity index (χ3v) is 4.17. The predicted molar refractivity (Wildman–Crippen MR) is 93.2 cm³/mol. The van der Waals surface area contributed by atoms with Gasteiger partial charge in [0, 0.05) is 28.4 Å². The number of carbonyl (C=O) groups excluding carboxylic acids is 1. The number of nitrogens with one attached hydrogen (secondary N) is 2. The molecule has 2 N–H and O–H groups in total. The average Bonchev–Trinajstić information content (AvgIpc) is 2.89. The van der Waals surface area contributed by atoms with Gasteiger partial charge in [0.1, 0.15) is 13.2 Å². The molecular weight excluding hydrogens is 304 g/mol. The molecule has 5 heteroatoms. The van der Waals surface area contributed by atoms with Gasteiger partial charge in [0.25, 0.3) is 5.91 Å². The van der Waals surface area contributed by atoms with Crippen molar-refractivity contribution in [1.29, 1.82) is 0 Å². The van der Waals surface area contributed by atoms with Gasteiger partial charge in [-0.15, -0.1) is 0 Å². The highest BCUT2D eigenvalue weighted by Crippen LogP contribution is 2.33. The molecule has 2 heterocycles. The van der Waals surface area contributed by atoms with Crippen molar-refractivity contribution in [3.63, 3.8) is 0 Å². The van der Waals surface area contributed by atoms with E-state index in [4.69, 9.17) is 9.47 Å². The van der Waals surface area contributed by atoms with E-state index in [9.17, 15) is 4.79 Å². The van der Waals surface area contributed by atoms with Crippen molar-refractivity contribution in [1.82, 2.24) is 4.98 Å². The first kappa shape index (κ1) is 14.6. The van der Waals surface area contributed by atoms with Gasteiger partial charge >= 0.3 is 0 Å². The highest BCUT2D eigenvalue weighted by atomic mass is 16.6. The Hall–Kier alpha value is -2.95. The SMILES string of the molecule is Cc1ccc2c(C(=O)Nc3ccc4c(c3)OCCO4)c(C)[nH]c2c1. The molecule has 0 aliphatic carbocycles. The third kappa shape index (κ3) is 2.48. The highest BCUT2D eigenvalue weighted by molar-refractivity contribution is 6.14. The van der Waals surface area contributed by atoms with Crippen LogP contribution in [-0.4, -0.2) is 24.1 Å². The molecule has 0 saturated heterocycles. The standard InChI is InChI=1S/C19H18N2O3/c1-11-3-5-14-15(9-11)20-12(2)18(14)19(22)21-13-4-6-16-17(10-13)24-8-7-23-16/h3-6,9-10,20H,7-8H2,1-2H3,(H,21,22). The van der Waals surface area contributed by atoms with Crippen molar-refractivity contribution in [3.8, 4) is 11.5 Å². The monoisotopic (exact) mass is 322 g/mol. The van der Waals surface area contributed by atoms with E-state index < -0.39 is 0 Å². The van der Waals surface area contributed by atoms with Crippen LogP contribution in [0.25, 0.3) is 10.9 Å². The molecule has 2 aromatic carbocycles. The van der Waals surface area contributed by atoms with Crippen molar-refractivity contribution in [3.05, 3.63) is 53.2 Å². The number of H-pyrrole nitrogens is 1. The van der Waals surface area contributed by atoms with E-state index in [0.717, 1.165) is 22.2 Å². The number of rotatable bonds is 2. The summed E-state index contributed by atoms with van der Waals surface area (Å²) in [5.74, 6) is 1.22. The molecule has 1 aromatic heterocycles. The summed E-state index contributed by atoms with van der Waals surface area (Å²) in [4.78, 5) is 16.0. The molecular formula is C19H18N2O3. The van der Waals surface area contributed by atoms with Crippen LogP contribution in [0.1, 0.15) is 21.6 Å². The molecule has 1 amide bonds. The summed E-state index contributed by atoms with van der Waals surface area (Å²) in [6, 6.07) is 11.5. The van der Waals surface area contributed by atoms with Crippen LogP contribution in [0.3, 0.4) is 0 Å². The Kier molecular flexibility index (Phi) is 3.41. The number of carbonyl (C=O) groups is 1. The normalized spacial score (nSPS) is 13.1. The zero-order valence-electron chi connectivity index (χ0n) is 13.6. The van der Waals surface area contributed by atoms with Crippen molar-refractivity contribution in [2.75, 3.05) is 18.5 Å². The summed E-state index contributed by atoms with van der Waals surface area (Å²) in [6.45, 7) is 5.01. The van der Waals surface area contributed by atoms with E-state index in [-0.39, 0.29) is 5.91 Å². The zero-order chi connectivity index (χ0) is 16.7. The van der Waals surface area contributed by atoms with Gasteiger partial charge in [-0.3, -0.25) is 4.79 Å². The molecule has 1 aliphatic heterocycles. The summed E-state index contributed by atoms with van der Waals surface area (Å²) in [5.41, 5.74) is 4.33. The molecule has 0 fully saturated rings. The van der Waals surface area contributed by atoms with E-state index in [0.29, 0.717) is 36.0 Å². The molecule has 0 saturated carbocycles. The van der Waals surface area contributed by atoms with Crippen LogP contribution >= 0.6 is 0 Å². The van der Waals surface area contributed by atoms with Crippen LogP contribution < -0.4 is 14.8 Å². The molecule has 4 rings (SSSR count). The van der Waals surface area contributed by atoms with Crippen molar-refractivity contribution >= 4 is 22.5 Å². The number of benzene rings is 2. The smallest absolute Gasteiger partial charge is 0.258 e. The summed E-state index contributed by atoms with van der Waals surface area (Å²) >= 11 is 0. The Morgan fingerprint density at radius 2 is 1.83 bits per heavy atom. The first-order chi connectivity index (χ1) is 11.6. The summed E-state index contributed by atoms with van der Waals surface area (Å²) < 4.78 is 11.1. The second-order valence-corrected chi connectivity index (χ2v) is 5.99. The van der Waals surface area contributed by atoms with Crippen LogP contribution in [0.4, 0.5) is 5.69 Å². The minimum atomic E-state index is -0.140. The third-order valence-electron chi connectivity index (χ3n) is 4.17. The quantitative estimate of drug-likeness (QED) is 0.754. The number of ether oxygens (including phenoxy) is 2. The van der Waals surface area contributed by atoms with Gasteiger partial charge in [0.15, 0.2) is 11.5 Å². The lowest BCUT2D eigenvalue weighted by molar-refractivity contribution is 0.102. The number of aryl methyl sites for hydroxylation is 2. The van der Waals surface area contributed by atoms with Crippen LogP contribution in [0.5, 0.6) is 11.5 Å². The fourth-order valence-corrected chi connectivity index (χ4v) is 3.05. The predicted octanol–water partition coefficient (Wildman–Crippen LogP) is 3.81. The first-order valence-corrected chi connectivity index (χ1v) is 7.92. The number of hydrogen-bond acceptors (Lipinski definition) is 3. The summed E-state index contributed by atoms with van der Waals surface area (Å²) in [7, 11) is 0. The Balaban J connectivity index is 1.66. The van der Waals surface area contributed by atoms with E-state index >= 15 is 0 Å². The summed E-state index contributed by atoms with van der Waals surface area (Å²) in [5, 5.41) is 3.87. The van der Waals surface area contributed by atoms with E-state index in [2.05, 4.69) is 10.3 Å². The van der Waals surface area contributed by atoms with Crippen LogP contribution in [-0.2, 0) is 0 Å². The van der Waals surface area contributed by atoms with Gasteiger partial charge in [-0.05, 0) is 37.6 Å². The molecule has 24 heavy (non-hydrogen) atoms. The fraction of sp³-hybridized carbons (Fsp3) is 0.211. The number of fused-ring (bicyclic) bond motifs is 2. The maximum absolute atomic E-state index is 12.8. The van der Waals surface area contributed by atoms with E-state index in [1.807, 2.05) is 44.2 Å². The van der Waals surface area contributed by atoms with Gasteiger partial charge in [-0.25, -0.2) is 0 Å². The number of amides is 1. The van der Waals surface area contributed by atoms with Crippen molar-refractivity contribution in [2.45, 2.75) is 13.8 Å². The molecule has 122 valence electrons. The zero-order valence-corrected chi connectivity index (χ0v) is 13.6. The maximum Gasteiger partial charge on any atom is 0.258 e. The lowest BCUT2D eigenvalue weighted by Crippen LogP contribution is -2.16. The van der Waals surface area contributed by atoms with Crippen LogP contribution in [0.15, 0.2) is 36.4 Å². The van der Waals surface area contributed by atoms with Crippen LogP contribution in [0, 0.1) is 13.8 Å². The molecule has 0 unspecified atom stereocenters. The largest absolute Gasteiger partial charge is 0.486 e. The average molecular weight is 322 g/mol. The van der Waals surface area contributed by atoms with Gasteiger partial charge in [0.2, 0.25) is 0 Å². The summed E-state index contributed by atoms with van der Waals surface area (Å²) in [6.07, 6.45) is 0. The van der Waals surface area contributed by atoms with E-state index in [1.54, 1.807) is 6.07 Å². The molecule has 0 radical (unpaired) electrons. The van der Waals surface area contributed by atoms with Gasteiger partial charge in [-0.2, -0.15) is 0 Å². The molecule has 3 aromatic rings. The minimum absolute atomic E-state index is 0.140. The second-order valence-electron chi connectivity index (χ2n) is 5.99. The van der Waals surface area contributed by atoms with E-state index in [1.165, 1.54) is 0 Å². The molecule has 0 spiro atoms. The Morgan fingerprint density at radius 1 is 1.04 bits per heavy atom. The lowest BCUT2D eigenvalue weighted by atomic mass is 10.1. The second kappa shape index (κ2) is 5.60. The lowest BCUT2D eigenvalue weighted by Gasteiger charge is -2.19. The minimum Gasteiger partial charge on any atom is -0.486 e. The fourth-order valence-electron chi connectivity index (χ4n) is 3.05. The Morgan fingerprint density at radius 3 is 2.67 bits per heavy atom. The Bertz CT molecular complexity index is 943. The maximum atomic E-state index is 12.8. The van der Waals surface area contributed by atoms with Crippen LogP contribution in [0.2, 0.25) is 0 Å². The highest BCUT2D eigenvalue weighted by Gasteiger charge is 2.18. The van der Waals surface area contributed by atoms with Gasteiger partial charge < -0.3 is 19.8 Å². The van der Waals surface area contributed by atoms with Gasteiger partial charge in [-0.1, -0.05) is 12.1 Å². The Labute approximate surface area is 139 Å². The number of aromatic nitrogens is 1.